The fourth-order valence-electron chi connectivity index (χ4n) is 2.95. The van der Waals surface area contributed by atoms with Gasteiger partial charge < -0.3 is 19.8 Å². The Morgan fingerprint density at radius 3 is 2.88 bits per heavy atom. The molecule has 0 unspecified atom stereocenters. The number of para-hydroxylation sites is 1. The summed E-state index contributed by atoms with van der Waals surface area (Å²) in [6, 6.07) is 10.7. The lowest BCUT2D eigenvalue weighted by molar-refractivity contribution is -0.390. The topological polar surface area (TPSA) is 85.6 Å². The number of carbonyl (C=O) groups is 1. The van der Waals surface area contributed by atoms with Gasteiger partial charge >= 0.3 is 5.82 Å². The van der Waals surface area contributed by atoms with Crippen LogP contribution in [0, 0.1) is 10.1 Å². The van der Waals surface area contributed by atoms with Gasteiger partial charge in [-0.15, -0.1) is 0 Å². The maximum absolute atomic E-state index is 12.8. The predicted octanol–water partition coefficient (Wildman–Crippen LogP) is 2.73. The zero-order chi connectivity index (χ0) is 17.3. The molecule has 0 aliphatic carbocycles. The highest BCUT2D eigenvalue weighted by atomic mass is 16.6. The van der Waals surface area contributed by atoms with Crippen LogP contribution in [0.5, 0.6) is 5.75 Å². The first kappa shape index (κ1) is 15.9. The zero-order valence-corrected chi connectivity index (χ0v) is 13.4. The fraction of sp³-hybridized carbons (Fsp3) is 0.294. The van der Waals surface area contributed by atoms with Gasteiger partial charge in [-0.2, -0.15) is 0 Å². The van der Waals surface area contributed by atoms with Crippen LogP contribution < -0.4 is 9.64 Å². The Balaban J connectivity index is 1.83. The first-order chi connectivity index (χ1) is 11.5. The van der Waals surface area contributed by atoms with Gasteiger partial charge in [0.25, 0.3) is 5.91 Å². The smallest absolute Gasteiger partial charge is 0.406 e. The predicted molar refractivity (Wildman–Crippen MR) is 88.1 cm³/mol. The molecular formula is C17H17N3O4. The molecule has 0 fully saturated rings. The molecule has 2 aromatic rings. The lowest BCUT2D eigenvalue weighted by atomic mass is 10.1. The quantitative estimate of drug-likeness (QED) is 0.636. The van der Waals surface area contributed by atoms with Crippen molar-refractivity contribution in [2.75, 3.05) is 4.90 Å². The lowest BCUT2D eigenvalue weighted by Crippen LogP contribution is -2.43. The molecule has 2 atom stereocenters. The van der Waals surface area contributed by atoms with Gasteiger partial charge in [0, 0.05) is 11.7 Å². The average molecular weight is 327 g/mol. The summed E-state index contributed by atoms with van der Waals surface area (Å²) in [5.74, 6) is -0.638. The number of anilines is 1. The number of carbonyl (C=O) groups excluding carboxylic acids is 1. The Labute approximate surface area is 139 Å². The van der Waals surface area contributed by atoms with Gasteiger partial charge in [0.05, 0.1) is 0 Å². The third-order valence-corrected chi connectivity index (χ3v) is 4.02. The first-order valence-corrected chi connectivity index (χ1v) is 7.66. The van der Waals surface area contributed by atoms with E-state index in [1.54, 1.807) is 11.8 Å². The van der Waals surface area contributed by atoms with Gasteiger partial charge in [-0.3, -0.25) is 4.79 Å². The molecule has 1 aromatic carbocycles. The van der Waals surface area contributed by atoms with E-state index in [9.17, 15) is 14.9 Å². The summed E-state index contributed by atoms with van der Waals surface area (Å²) in [5, 5.41) is 11.0. The SMILES string of the molecule is C[C@@H](Oc1cccnc1[N+](=O)[O-])C(=O)N1c2ccccc2C[C@@H]1C. The third-order valence-electron chi connectivity index (χ3n) is 4.02. The van der Waals surface area contributed by atoms with E-state index in [-0.39, 0.29) is 17.7 Å². The second kappa shape index (κ2) is 6.27. The van der Waals surface area contributed by atoms with Crippen LogP contribution in [-0.2, 0) is 11.2 Å². The van der Waals surface area contributed by atoms with Crippen LogP contribution in [0.3, 0.4) is 0 Å². The van der Waals surface area contributed by atoms with E-state index in [2.05, 4.69) is 4.98 Å². The highest BCUT2D eigenvalue weighted by Gasteiger charge is 2.34. The first-order valence-electron chi connectivity index (χ1n) is 7.66. The van der Waals surface area contributed by atoms with Gasteiger partial charge in [0.15, 0.2) is 6.10 Å². The van der Waals surface area contributed by atoms with Crippen molar-refractivity contribution in [3.63, 3.8) is 0 Å². The molecule has 0 saturated carbocycles. The van der Waals surface area contributed by atoms with E-state index in [1.165, 1.54) is 18.3 Å². The molecule has 7 nitrogen and oxygen atoms in total. The Morgan fingerprint density at radius 2 is 2.12 bits per heavy atom. The summed E-state index contributed by atoms with van der Waals surface area (Å²) in [4.78, 5) is 28.6. The van der Waals surface area contributed by atoms with Gasteiger partial charge in [-0.1, -0.05) is 18.2 Å². The van der Waals surface area contributed by atoms with Crippen molar-refractivity contribution < 1.29 is 14.5 Å². The normalized spacial score (nSPS) is 17.2. The number of amides is 1. The van der Waals surface area contributed by atoms with E-state index in [0.29, 0.717) is 0 Å². The van der Waals surface area contributed by atoms with Gasteiger partial charge in [0.2, 0.25) is 5.75 Å². The van der Waals surface area contributed by atoms with Crippen molar-refractivity contribution >= 4 is 17.4 Å². The average Bonchev–Trinajstić information content (AvgIpc) is 2.90. The summed E-state index contributed by atoms with van der Waals surface area (Å²) in [6.45, 7) is 3.56. The number of pyridine rings is 1. The van der Waals surface area contributed by atoms with Crippen molar-refractivity contribution in [2.24, 2.45) is 0 Å². The summed E-state index contributed by atoms with van der Waals surface area (Å²) in [7, 11) is 0. The summed E-state index contributed by atoms with van der Waals surface area (Å²) >= 11 is 0. The van der Waals surface area contributed by atoms with E-state index in [1.807, 2.05) is 31.2 Å². The van der Waals surface area contributed by atoms with Gasteiger partial charge in [-0.05, 0) is 53.9 Å². The molecule has 3 rings (SSSR count). The maximum Gasteiger partial charge on any atom is 0.406 e. The van der Waals surface area contributed by atoms with Crippen molar-refractivity contribution in [1.82, 2.24) is 4.98 Å². The van der Waals surface area contributed by atoms with E-state index >= 15 is 0 Å². The molecule has 0 bridgehead atoms. The van der Waals surface area contributed by atoms with Gasteiger partial charge in [-0.25, -0.2) is 0 Å². The maximum atomic E-state index is 12.8. The van der Waals surface area contributed by atoms with E-state index < -0.39 is 16.8 Å². The lowest BCUT2D eigenvalue weighted by Gasteiger charge is -2.26. The molecule has 124 valence electrons. The van der Waals surface area contributed by atoms with Crippen LogP contribution in [0.2, 0.25) is 0 Å². The Kier molecular flexibility index (Phi) is 4.16. The standard InChI is InChI=1S/C17H17N3O4/c1-11-10-13-6-3-4-7-14(13)19(11)17(21)12(2)24-15-8-5-9-18-16(15)20(22)23/h3-9,11-12H,10H2,1-2H3/t11-,12+/m0/s1. The zero-order valence-electron chi connectivity index (χ0n) is 13.4. The largest absolute Gasteiger partial charge is 0.473 e. The number of rotatable bonds is 4. The van der Waals surface area contributed by atoms with Crippen LogP contribution >= 0.6 is 0 Å². The molecule has 7 heteroatoms. The number of hydrogen-bond donors (Lipinski definition) is 0. The number of nitrogens with zero attached hydrogens (tertiary/aromatic N) is 3. The number of hydrogen-bond acceptors (Lipinski definition) is 5. The minimum Gasteiger partial charge on any atom is -0.473 e. The second-order valence-corrected chi connectivity index (χ2v) is 5.73. The molecule has 2 heterocycles. The highest BCUT2D eigenvalue weighted by Crippen LogP contribution is 2.33. The molecule has 1 amide bonds. The van der Waals surface area contributed by atoms with Crippen molar-refractivity contribution in [3.05, 3.63) is 58.3 Å². The molecule has 24 heavy (non-hydrogen) atoms. The van der Waals surface area contributed by atoms with E-state index in [0.717, 1.165) is 17.7 Å². The highest BCUT2D eigenvalue weighted by molar-refractivity contribution is 5.99. The molecule has 0 radical (unpaired) electrons. The molecule has 1 aliphatic rings. The molecule has 0 saturated heterocycles. The van der Waals surface area contributed by atoms with Crippen LogP contribution in [0.25, 0.3) is 0 Å². The van der Waals surface area contributed by atoms with Crippen molar-refractivity contribution in [1.29, 1.82) is 0 Å². The summed E-state index contributed by atoms with van der Waals surface area (Å²) in [5.41, 5.74) is 1.98. The third kappa shape index (κ3) is 2.80. The minimum absolute atomic E-state index is 0.0107. The number of ether oxygens (including phenoxy) is 1. The monoisotopic (exact) mass is 327 g/mol. The molecule has 0 spiro atoms. The second-order valence-electron chi connectivity index (χ2n) is 5.73. The molecular weight excluding hydrogens is 310 g/mol. The van der Waals surface area contributed by atoms with Crippen LogP contribution in [0.4, 0.5) is 11.5 Å². The molecule has 1 aromatic heterocycles. The van der Waals surface area contributed by atoms with Gasteiger partial charge in [0.1, 0.15) is 6.20 Å². The number of nitro groups is 1. The molecule has 0 N–H and O–H groups in total. The number of aromatic nitrogens is 1. The van der Waals surface area contributed by atoms with Crippen LogP contribution in [0.15, 0.2) is 42.6 Å². The Morgan fingerprint density at radius 1 is 1.38 bits per heavy atom. The molecule has 1 aliphatic heterocycles. The Bertz CT molecular complexity index is 793. The van der Waals surface area contributed by atoms with Crippen molar-refractivity contribution in [2.45, 2.75) is 32.4 Å². The van der Waals surface area contributed by atoms with E-state index in [4.69, 9.17) is 4.74 Å². The van der Waals surface area contributed by atoms with Crippen molar-refractivity contribution in [3.8, 4) is 5.75 Å². The number of benzene rings is 1. The van der Waals surface area contributed by atoms with Crippen LogP contribution in [-0.4, -0.2) is 28.0 Å². The Hall–Kier alpha value is -2.96. The fourth-order valence-corrected chi connectivity index (χ4v) is 2.95. The summed E-state index contributed by atoms with van der Waals surface area (Å²) < 4.78 is 5.55. The minimum atomic E-state index is -0.860. The summed E-state index contributed by atoms with van der Waals surface area (Å²) in [6.07, 6.45) is 1.24. The van der Waals surface area contributed by atoms with Crippen LogP contribution in [0.1, 0.15) is 19.4 Å². The number of fused-ring (bicyclic) bond motifs is 1.